The van der Waals surface area contributed by atoms with Gasteiger partial charge in [-0.15, -0.1) is 10.2 Å². The van der Waals surface area contributed by atoms with Gasteiger partial charge >= 0.3 is 0 Å². The largest absolute Gasteiger partial charge is 0.314 e. The Balaban J connectivity index is 1.56. The molecule has 1 aliphatic rings. The summed E-state index contributed by atoms with van der Waals surface area (Å²) < 4.78 is 0. The van der Waals surface area contributed by atoms with E-state index >= 15 is 0 Å². The first-order chi connectivity index (χ1) is 9.31. The van der Waals surface area contributed by atoms with Gasteiger partial charge in [-0.05, 0) is 38.8 Å². The van der Waals surface area contributed by atoms with Gasteiger partial charge in [-0.3, -0.25) is 0 Å². The lowest BCUT2D eigenvalue weighted by molar-refractivity contribution is 0.643. The number of aromatic nitrogens is 2. The van der Waals surface area contributed by atoms with Crippen molar-refractivity contribution in [3.63, 3.8) is 0 Å². The van der Waals surface area contributed by atoms with Crippen LogP contribution in [0.4, 0.5) is 0 Å². The molecule has 0 spiro atoms. The van der Waals surface area contributed by atoms with Crippen LogP contribution in [0.25, 0.3) is 10.6 Å². The molecule has 3 nitrogen and oxygen atoms in total. The van der Waals surface area contributed by atoms with Crippen molar-refractivity contribution >= 4 is 11.3 Å². The van der Waals surface area contributed by atoms with E-state index in [-0.39, 0.29) is 0 Å². The molecule has 1 aromatic heterocycles. The van der Waals surface area contributed by atoms with Crippen LogP contribution in [0, 0.1) is 6.92 Å². The third-order valence-corrected chi connectivity index (χ3v) is 4.34. The fourth-order valence-electron chi connectivity index (χ4n) is 2.08. The fourth-order valence-corrected chi connectivity index (χ4v) is 2.96. The lowest BCUT2D eigenvalue weighted by Gasteiger charge is -1.99. The Morgan fingerprint density at radius 3 is 3.00 bits per heavy atom. The number of hydrogen-bond donors (Lipinski definition) is 1. The number of nitrogens with zero attached hydrogens (tertiary/aromatic N) is 2. The Hall–Kier alpha value is -1.26. The molecule has 1 aliphatic carbocycles. The Kier molecular flexibility index (Phi) is 3.89. The molecule has 1 fully saturated rings. The molecular weight excluding hydrogens is 254 g/mol. The van der Waals surface area contributed by atoms with Gasteiger partial charge in [-0.25, -0.2) is 0 Å². The first kappa shape index (κ1) is 12.8. The summed E-state index contributed by atoms with van der Waals surface area (Å²) in [6.45, 7) is 3.21. The smallest absolute Gasteiger partial charge is 0.147 e. The zero-order valence-corrected chi connectivity index (χ0v) is 12.0. The van der Waals surface area contributed by atoms with Crippen LogP contribution in [0.15, 0.2) is 24.3 Å². The van der Waals surface area contributed by atoms with E-state index < -0.39 is 0 Å². The van der Waals surface area contributed by atoms with Gasteiger partial charge in [0.05, 0.1) is 0 Å². The number of hydrogen-bond acceptors (Lipinski definition) is 4. The highest BCUT2D eigenvalue weighted by atomic mass is 32.1. The van der Waals surface area contributed by atoms with Crippen LogP contribution in [0.3, 0.4) is 0 Å². The van der Waals surface area contributed by atoms with E-state index in [2.05, 4.69) is 46.7 Å². The minimum absolute atomic E-state index is 0.803. The predicted octanol–water partition coefficient (Wildman–Crippen LogP) is 3.20. The van der Waals surface area contributed by atoms with Crippen LogP contribution >= 0.6 is 11.3 Å². The van der Waals surface area contributed by atoms with Crippen LogP contribution in [-0.2, 0) is 6.42 Å². The predicted molar refractivity (Wildman–Crippen MR) is 79.4 cm³/mol. The molecule has 19 heavy (non-hydrogen) atoms. The van der Waals surface area contributed by atoms with Gasteiger partial charge in [-0.1, -0.05) is 35.1 Å². The van der Waals surface area contributed by atoms with E-state index in [4.69, 9.17) is 0 Å². The molecule has 0 saturated heterocycles. The Morgan fingerprint density at radius 2 is 2.21 bits per heavy atom. The third kappa shape index (κ3) is 3.61. The molecule has 100 valence electrons. The second kappa shape index (κ2) is 5.80. The van der Waals surface area contributed by atoms with Crippen molar-refractivity contribution in [1.82, 2.24) is 15.5 Å². The van der Waals surface area contributed by atoms with Gasteiger partial charge in [-0.2, -0.15) is 0 Å². The number of rotatable bonds is 6. The zero-order valence-electron chi connectivity index (χ0n) is 11.2. The highest BCUT2D eigenvalue weighted by molar-refractivity contribution is 7.14. The molecule has 0 bridgehead atoms. The molecule has 0 unspecified atom stereocenters. The molecule has 3 rings (SSSR count). The van der Waals surface area contributed by atoms with E-state index in [0.29, 0.717) is 0 Å². The van der Waals surface area contributed by atoms with Crippen molar-refractivity contribution in [1.29, 1.82) is 0 Å². The van der Waals surface area contributed by atoms with Crippen molar-refractivity contribution in [3.8, 4) is 10.6 Å². The summed E-state index contributed by atoms with van der Waals surface area (Å²) in [7, 11) is 0. The van der Waals surface area contributed by atoms with Crippen molar-refractivity contribution in [2.75, 3.05) is 6.54 Å². The maximum absolute atomic E-state index is 4.30. The average Bonchev–Trinajstić information content (AvgIpc) is 3.11. The van der Waals surface area contributed by atoms with E-state index in [1.54, 1.807) is 11.3 Å². The molecule has 1 saturated carbocycles. The van der Waals surface area contributed by atoms with E-state index in [1.165, 1.54) is 24.0 Å². The Labute approximate surface area is 118 Å². The number of nitrogens with one attached hydrogen (secondary N) is 1. The Bertz CT molecular complexity index is 546. The maximum atomic E-state index is 4.30. The maximum Gasteiger partial charge on any atom is 0.147 e. The van der Waals surface area contributed by atoms with Gasteiger partial charge in [0.15, 0.2) is 0 Å². The summed E-state index contributed by atoms with van der Waals surface area (Å²) >= 11 is 1.72. The standard InChI is InChI=1S/C15H19N3S/c1-11-4-2-5-12(10-11)15-18-17-14(19-15)6-3-9-16-13-7-8-13/h2,4-5,10,13,16H,3,6-9H2,1H3. The molecule has 0 radical (unpaired) electrons. The first-order valence-corrected chi connectivity index (χ1v) is 7.76. The van der Waals surface area contributed by atoms with Gasteiger partial charge in [0.2, 0.25) is 0 Å². The number of benzene rings is 1. The second-order valence-corrected chi connectivity index (χ2v) is 6.26. The van der Waals surface area contributed by atoms with Crippen molar-refractivity contribution in [2.24, 2.45) is 0 Å². The fraction of sp³-hybridized carbons (Fsp3) is 0.467. The molecule has 2 aromatic rings. The van der Waals surface area contributed by atoms with E-state index in [9.17, 15) is 0 Å². The van der Waals surface area contributed by atoms with Gasteiger partial charge in [0.25, 0.3) is 0 Å². The lowest BCUT2D eigenvalue weighted by atomic mass is 10.1. The number of aryl methyl sites for hydroxylation is 2. The highest BCUT2D eigenvalue weighted by Gasteiger charge is 2.19. The van der Waals surface area contributed by atoms with Gasteiger partial charge in [0.1, 0.15) is 10.0 Å². The van der Waals surface area contributed by atoms with E-state index in [0.717, 1.165) is 35.4 Å². The summed E-state index contributed by atoms with van der Waals surface area (Å²) in [6.07, 6.45) is 4.90. The molecule has 1 heterocycles. The molecule has 4 heteroatoms. The van der Waals surface area contributed by atoms with Gasteiger partial charge in [0, 0.05) is 18.0 Å². The van der Waals surface area contributed by atoms with Crippen molar-refractivity contribution < 1.29 is 0 Å². The zero-order chi connectivity index (χ0) is 13.1. The molecule has 0 atom stereocenters. The normalized spacial score (nSPS) is 14.8. The quantitative estimate of drug-likeness (QED) is 0.821. The van der Waals surface area contributed by atoms with E-state index in [1.807, 2.05) is 0 Å². The minimum atomic E-state index is 0.803. The molecule has 0 aliphatic heterocycles. The Morgan fingerprint density at radius 1 is 1.32 bits per heavy atom. The second-order valence-electron chi connectivity index (χ2n) is 5.20. The molecule has 1 N–H and O–H groups in total. The van der Waals surface area contributed by atoms with Crippen LogP contribution in [0.2, 0.25) is 0 Å². The first-order valence-electron chi connectivity index (χ1n) is 6.94. The third-order valence-electron chi connectivity index (χ3n) is 3.31. The van der Waals surface area contributed by atoms with Crippen LogP contribution < -0.4 is 5.32 Å². The van der Waals surface area contributed by atoms with Gasteiger partial charge < -0.3 is 5.32 Å². The summed E-state index contributed by atoms with van der Waals surface area (Å²) in [5, 5.41) is 14.3. The summed E-state index contributed by atoms with van der Waals surface area (Å²) in [4.78, 5) is 0. The highest BCUT2D eigenvalue weighted by Crippen LogP contribution is 2.24. The topological polar surface area (TPSA) is 37.8 Å². The summed E-state index contributed by atoms with van der Waals surface area (Å²) in [6, 6.07) is 9.25. The van der Waals surface area contributed by atoms with Crippen LogP contribution in [0.5, 0.6) is 0 Å². The van der Waals surface area contributed by atoms with Crippen LogP contribution in [-0.4, -0.2) is 22.8 Å². The monoisotopic (exact) mass is 273 g/mol. The summed E-state index contributed by atoms with van der Waals surface area (Å²) in [5.74, 6) is 0. The van der Waals surface area contributed by atoms with Crippen LogP contribution in [0.1, 0.15) is 29.8 Å². The molecular formula is C15H19N3S. The van der Waals surface area contributed by atoms with Crippen molar-refractivity contribution in [2.45, 2.75) is 38.6 Å². The minimum Gasteiger partial charge on any atom is -0.314 e. The van der Waals surface area contributed by atoms with Crippen molar-refractivity contribution in [3.05, 3.63) is 34.8 Å². The molecule has 1 aromatic carbocycles. The average molecular weight is 273 g/mol. The lowest BCUT2D eigenvalue weighted by Crippen LogP contribution is -2.17. The SMILES string of the molecule is Cc1cccc(-c2nnc(CCCNC3CC3)s2)c1. The molecule has 0 amide bonds. The summed E-state index contributed by atoms with van der Waals surface area (Å²) in [5.41, 5.74) is 2.45.